The van der Waals surface area contributed by atoms with Crippen LogP contribution < -0.4 is 11.1 Å². The van der Waals surface area contributed by atoms with Crippen LogP contribution in [0.15, 0.2) is 18.2 Å². The van der Waals surface area contributed by atoms with E-state index in [2.05, 4.69) is 5.32 Å². The molecule has 96 valence electrons. The molecule has 0 saturated heterocycles. The van der Waals surface area contributed by atoms with Crippen LogP contribution in [0.5, 0.6) is 0 Å². The van der Waals surface area contributed by atoms with E-state index in [1.165, 1.54) is 18.2 Å². The first-order valence-electron chi connectivity index (χ1n) is 5.47. The van der Waals surface area contributed by atoms with Crippen molar-refractivity contribution in [1.82, 2.24) is 5.32 Å². The molecule has 18 heavy (non-hydrogen) atoms. The first kappa shape index (κ1) is 12.8. The van der Waals surface area contributed by atoms with Crippen molar-refractivity contribution in [2.24, 2.45) is 5.73 Å². The normalized spacial score (nSPS) is 22.1. The number of non-ortho nitro benzene ring substituents is 1. The maximum atomic E-state index is 11.8. The quantitative estimate of drug-likeness (QED) is 0.641. The SMILES string of the molecule is NC1CC(NC(=O)c2cc(Cl)cc([N+](=O)[O-])c2)C1. The maximum absolute atomic E-state index is 11.8. The summed E-state index contributed by atoms with van der Waals surface area (Å²) in [5.41, 5.74) is 5.60. The number of benzene rings is 1. The molecule has 1 aromatic rings. The van der Waals surface area contributed by atoms with E-state index >= 15 is 0 Å². The van der Waals surface area contributed by atoms with Crippen molar-refractivity contribution in [3.05, 3.63) is 38.9 Å². The smallest absolute Gasteiger partial charge is 0.271 e. The minimum atomic E-state index is -0.581. The standard InChI is InChI=1S/C11H12ClN3O3/c12-7-1-6(2-10(3-7)15(17)18)11(16)14-9-4-8(13)5-9/h1-3,8-9H,4-5,13H2,(H,14,16). The molecule has 1 aromatic carbocycles. The zero-order valence-corrected chi connectivity index (χ0v) is 10.2. The fraction of sp³-hybridized carbons (Fsp3) is 0.364. The van der Waals surface area contributed by atoms with E-state index in [0.717, 1.165) is 12.8 Å². The fourth-order valence-corrected chi connectivity index (χ4v) is 2.09. The van der Waals surface area contributed by atoms with Crippen molar-refractivity contribution >= 4 is 23.2 Å². The van der Waals surface area contributed by atoms with Gasteiger partial charge in [-0.3, -0.25) is 14.9 Å². The molecule has 7 heteroatoms. The van der Waals surface area contributed by atoms with E-state index in [1.54, 1.807) is 0 Å². The summed E-state index contributed by atoms with van der Waals surface area (Å²) in [4.78, 5) is 21.9. The summed E-state index contributed by atoms with van der Waals surface area (Å²) in [5, 5.41) is 13.6. The Balaban J connectivity index is 2.12. The minimum Gasteiger partial charge on any atom is -0.349 e. The number of carbonyl (C=O) groups excluding carboxylic acids is 1. The molecule has 0 aliphatic heterocycles. The molecule has 0 atom stereocenters. The number of amides is 1. The van der Waals surface area contributed by atoms with Gasteiger partial charge in [-0.05, 0) is 18.9 Å². The van der Waals surface area contributed by atoms with Crippen LogP contribution in [-0.4, -0.2) is 22.9 Å². The third-order valence-corrected chi connectivity index (χ3v) is 3.08. The van der Waals surface area contributed by atoms with Crippen molar-refractivity contribution in [2.75, 3.05) is 0 Å². The molecule has 1 saturated carbocycles. The lowest BCUT2D eigenvalue weighted by atomic mass is 9.87. The van der Waals surface area contributed by atoms with E-state index in [1.807, 2.05) is 0 Å². The maximum Gasteiger partial charge on any atom is 0.271 e. The Morgan fingerprint density at radius 3 is 2.67 bits per heavy atom. The topological polar surface area (TPSA) is 98.3 Å². The van der Waals surface area contributed by atoms with Crippen molar-refractivity contribution in [1.29, 1.82) is 0 Å². The Kier molecular flexibility index (Phi) is 3.49. The predicted octanol–water partition coefficient (Wildman–Crippen LogP) is 1.47. The number of nitrogens with two attached hydrogens (primary N) is 1. The zero-order chi connectivity index (χ0) is 13.3. The minimum absolute atomic E-state index is 0.0468. The number of nitrogens with one attached hydrogen (secondary N) is 1. The van der Waals surface area contributed by atoms with Gasteiger partial charge in [0.25, 0.3) is 11.6 Å². The van der Waals surface area contributed by atoms with Gasteiger partial charge in [0.05, 0.1) is 4.92 Å². The molecule has 0 spiro atoms. The molecular weight excluding hydrogens is 258 g/mol. The fourth-order valence-electron chi connectivity index (χ4n) is 1.86. The molecule has 0 unspecified atom stereocenters. The van der Waals surface area contributed by atoms with Gasteiger partial charge in [0.15, 0.2) is 0 Å². The Morgan fingerprint density at radius 2 is 2.11 bits per heavy atom. The number of carbonyl (C=O) groups is 1. The zero-order valence-electron chi connectivity index (χ0n) is 9.43. The summed E-state index contributed by atoms with van der Waals surface area (Å²) in [7, 11) is 0. The largest absolute Gasteiger partial charge is 0.349 e. The van der Waals surface area contributed by atoms with Crippen LogP contribution in [0.1, 0.15) is 23.2 Å². The number of hydrogen-bond acceptors (Lipinski definition) is 4. The van der Waals surface area contributed by atoms with Gasteiger partial charge in [-0.15, -0.1) is 0 Å². The molecular formula is C11H12ClN3O3. The highest BCUT2D eigenvalue weighted by atomic mass is 35.5. The van der Waals surface area contributed by atoms with Gasteiger partial charge in [0.1, 0.15) is 0 Å². The number of nitrogens with zero attached hydrogens (tertiary/aromatic N) is 1. The summed E-state index contributed by atoms with van der Waals surface area (Å²) in [6.45, 7) is 0. The first-order valence-corrected chi connectivity index (χ1v) is 5.85. The summed E-state index contributed by atoms with van der Waals surface area (Å²) in [5.74, 6) is -0.363. The number of nitro groups is 1. The number of hydrogen-bond donors (Lipinski definition) is 2. The molecule has 1 aliphatic rings. The second kappa shape index (κ2) is 4.91. The molecule has 1 aliphatic carbocycles. The van der Waals surface area contributed by atoms with Crippen molar-refractivity contribution in [3.63, 3.8) is 0 Å². The van der Waals surface area contributed by atoms with E-state index in [-0.39, 0.29) is 34.3 Å². The highest BCUT2D eigenvalue weighted by Gasteiger charge is 2.27. The lowest BCUT2D eigenvalue weighted by Crippen LogP contribution is -2.50. The number of halogens is 1. The number of rotatable bonds is 3. The molecule has 1 fully saturated rings. The molecule has 1 amide bonds. The van der Waals surface area contributed by atoms with Gasteiger partial charge in [0, 0.05) is 34.8 Å². The molecule has 6 nitrogen and oxygen atoms in total. The Hall–Kier alpha value is -1.66. The first-order chi connectivity index (χ1) is 8.45. The van der Waals surface area contributed by atoms with Gasteiger partial charge >= 0.3 is 0 Å². The van der Waals surface area contributed by atoms with Gasteiger partial charge in [-0.25, -0.2) is 0 Å². The van der Waals surface area contributed by atoms with Crippen molar-refractivity contribution < 1.29 is 9.72 Å². The summed E-state index contributed by atoms with van der Waals surface area (Å²) in [6.07, 6.45) is 1.46. The van der Waals surface area contributed by atoms with Gasteiger partial charge < -0.3 is 11.1 Å². The van der Waals surface area contributed by atoms with E-state index in [9.17, 15) is 14.9 Å². The van der Waals surface area contributed by atoms with Crippen LogP contribution in [0.3, 0.4) is 0 Å². The highest BCUT2D eigenvalue weighted by molar-refractivity contribution is 6.31. The summed E-state index contributed by atoms with van der Waals surface area (Å²) < 4.78 is 0. The Bertz CT molecular complexity index is 500. The van der Waals surface area contributed by atoms with E-state index in [0.29, 0.717) is 0 Å². The molecule has 0 aromatic heterocycles. The summed E-state index contributed by atoms with van der Waals surface area (Å²) >= 11 is 5.74. The lowest BCUT2D eigenvalue weighted by molar-refractivity contribution is -0.384. The van der Waals surface area contributed by atoms with Crippen molar-refractivity contribution in [3.8, 4) is 0 Å². The molecule has 3 N–H and O–H groups in total. The monoisotopic (exact) mass is 269 g/mol. The van der Waals surface area contributed by atoms with E-state index < -0.39 is 4.92 Å². The number of nitro benzene ring substituents is 1. The second-order valence-electron chi connectivity index (χ2n) is 4.36. The van der Waals surface area contributed by atoms with Crippen LogP contribution in [0.2, 0.25) is 5.02 Å². The van der Waals surface area contributed by atoms with Crippen LogP contribution in [0.4, 0.5) is 5.69 Å². The molecule has 2 rings (SSSR count). The summed E-state index contributed by atoms with van der Waals surface area (Å²) in [6, 6.07) is 3.99. The van der Waals surface area contributed by atoms with Crippen LogP contribution in [-0.2, 0) is 0 Å². The van der Waals surface area contributed by atoms with Crippen molar-refractivity contribution in [2.45, 2.75) is 24.9 Å². The van der Waals surface area contributed by atoms with Crippen LogP contribution in [0.25, 0.3) is 0 Å². The molecule has 0 radical (unpaired) electrons. The van der Waals surface area contributed by atoms with E-state index in [4.69, 9.17) is 17.3 Å². The van der Waals surface area contributed by atoms with Gasteiger partial charge in [-0.1, -0.05) is 11.6 Å². The van der Waals surface area contributed by atoms with Crippen LogP contribution in [0, 0.1) is 10.1 Å². The second-order valence-corrected chi connectivity index (χ2v) is 4.79. The predicted molar refractivity (Wildman–Crippen MR) is 66.6 cm³/mol. The molecule has 0 heterocycles. The Morgan fingerprint density at radius 1 is 1.44 bits per heavy atom. The van der Waals surface area contributed by atoms with Crippen LogP contribution >= 0.6 is 11.6 Å². The third-order valence-electron chi connectivity index (χ3n) is 2.87. The Labute approximate surface area is 108 Å². The third kappa shape index (κ3) is 2.77. The average molecular weight is 270 g/mol. The van der Waals surface area contributed by atoms with Gasteiger partial charge in [0.2, 0.25) is 0 Å². The van der Waals surface area contributed by atoms with Gasteiger partial charge in [-0.2, -0.15) is 0 Å². The highest BCUT2D eigenvalue weighted by Crippen LogP contribution is 2.22. The lowest BCUT2D eigenvalue weighted by Gasteiger charge is -2.32. The molecule has 0 bridgehead atoms. The average Bonchev–Trinajstić information content (AvgIpc) is 2.26.